The van der Waals surface area contributed by atoms with Gasteiger partial charge >= 0.3 is 11.9 Å². The molecule has 1 amide bonds. The Kier molecular flexibility index (Phi) is 6.08. The fraction of sp³-hybridized carbons (Fsp3) is 0.167. The Morgan fingerprint density at radius 3 is 2.58 bits per heavy atom. The van der Waals surface area contributed by atoms with Crippen LogP contribution in [0.15, 0.2) is 66.4 Å². The topological polar surface area (TPSA) is 81.7 Å². The Morgan fingerprint density at radius 2 is 1.88 bits per heavy atom. The van der Waals surface area contributed by atoms with E-state index in [0.29, 0.717) is 29.9 Å². The Hall–Kier alpha value is -3.15. The maximum absolute atomic E-state index is 11.6. The first kappa shape index (κ1) is 17.2. The van der Waals surface area contributed by atoms with Crippen molar-refractivity contribution in [3.05, 3.63) is 66.4 Å². The van der Waals surface area contributed by atoms with Crippen LogP contribution in [-0.2, 0) is 19.1 Å². The molecule has 1 heterocycles. The van der Waals surface area contributed by atoms with Gasteiger partial charge in [0.25, 0.3) is 5.91 Å². The summed E-state index contributed by atoms with van der Waals surface area (Å²) < 4.78 is 9.93. The number of benzene rings is 1. The maximum atomic E-state index is 11.6. The van der Waals surface area contributed by atoms with Crippen molar-refractivity contribution in [2.24, 2.45) is 0 Å². The van der Waals surface area contributed by atoms with Crippen LogP contribution in [0, 0.1) is 0 Å². The zero-order valence-electron chi connectivity index (χ0n) is 13.0. The summed E-state index contributed by atoms with van der Waals surface area (Å²) in [5.41, 5.74) is 1.18. The summed E-state index contributed by atoms with van der Waals surface area (Å²) in [6.45, 7) is 3.71. The molecule has 1 aromatic rings. The van der Waals surface area contributed by atoms with Gasteiger partial charge in [0.2, 0.25) is 0 Å². The number of rotatable bonds is 6. The number of allylic oxidation sites excluding steroid dienone is 1. The largest absolute Gasteiger partial charge is 0.462 e. The number of carbonyl (C=O) groups is 3. The first-order chi connectivity index (χ1) is 11.5. The number of nitrogens with one attached hydrogen (secondary N) is 1. The molecule has 0 bridgehead atoms. The summed E-state index contributed by atoms with van der Waals surface area (Å²) in [5, 5.41) is 2.61. The van der Waals surface area contributed by atoms with E-state index in [1.807, 2.05) is 0 Å². The number of carbonyl (C=O) groups excluding carboxylic acids is 3. The van der Waals surface area contributed by atoms with E-state index in [0.717, 1.165) is 12.2 Å². The van der Waals surface area contributed by atoms with Crippen LogP contribution in [0.2, 0.25) is 0 Å². The van der Waals surface area contributed by atoms with Crippen LogP contribution in [0.5, 0.6) is 5.75 Å². The van der Waals surface area contributed by atoms with Gasteiger partial charge in [-0.1, -0.05) is 30.9 Å². The third-order valence-electron chi connectivity index (χ3n) is 3.11. The van der Waals surface area contributed by atoms with Crippen LogP contribution in [0.1, 0.15) is 12.8 Å². The lowest BCUT2D eigenvalue weighted by atomic mass is 10.1. The molecule has 0 saturated heterocycles. The number of hydrogen-bond donors (Lipinski definition) is 1. The van der Waals surface area contributed by atoms with Gasteiger partial charge in [0, 0.05) is 36.3 Å². The second kappa shape index (κ2) is 8.47. The van der Waals surface area contributed by atoms with Gasteiger partial charge < -0.3 is 14.8 Å². The predicted molar refractivity (Wildman–Crippen MR) is 86.8 cm³/mol. The highest BCUT2D eigenvalue weighted by atomic mass is 16.5. The molecule has 124 valence electrons. The zero-order chi connectivity index (χ0) is 17.4. The number of amides is 1. The normalized spacial score (nSPS) is 14.1. The van der Waals surface area contributed by atoms with E-state index in [4.69, 9.17) is 9.47 Å². The van der Waals surface area contributed by atoms with Crippen molar-refractivity contribution in [3.8, 4) is 5.75 Å². The van der Waals surface area contributed by atoms with Crippen molar-refractivity contribution in [1.29, 1.82) is 0 Å². The van der Waals surface area contributed by atoms with Gasteiger partial charge in [-0.15, -0.1) is 0 Å². The number of ether oxygens (including phenoxy) is 2. The minimum atomic E-state index is -0.679. The van der Waals surface area contributed by atoms with Crippen molar-refractivity contribution in [1.82, 2.24) is 5.32 Å². The molecule has 0 unspecified atom stereocenters. The molecule has 0 spiro atoms. The van der Waals surface area contributed by atoms with Gasteiger partial charge in [0.05, 0.1) is 6.61 Å². The molecule has 6 nitrogen and oxygen atoms in total. The molecule has 1 aliphatic heterocycles. The van der Waals surface area contributed by atoms with Gasteiger partial charge in [-0.05, 0) is 12.1 Å². The van der Waals surface area contributed by atoms with Crippen LogP contribution < -0.4 is 10.1 Å². The minimum Gasteiger partial charge on any atom is -0.462 e. The summed E-state index contributed by atoms with van der Waals surface area (Å²) in [6, 6.07) is 8.50. The van der Waals surface area contributed by atoms with Crippen molar-refractivity contribution in [3.63, 3.8) is 0 Å². The van der Waals surface area contributed by atoms with E-state index in [1.165, 1.54) is 0 Å². The van der Waals surface area contributed by atoms with Crippen LogP contribution >= 0.6 is 0 Å². The highest BCUT2D eigenvalue weighted by Crippen LogP contribution is 2.12. The fourth-order valence-corrected chi connectivity index (χ4v) is 1.93. The van der Waals surface area contributed by atoms with E-state index in [9.17, 15) is 14.4 Å². The molecule has 0 atom stereocenters. The second-order valence-corrected chi connectivity index (χ2v) is 4.98. The molecule has 0 aliphatic carbocycles. The van der Waals surface area contributed by atoms with Crippen LogP contribution in [0.25, 0.3) is 0 Å². The molecule has 2 rings (SSSR count). The summed E-state index contributed by atoms with van der Waals surface area (Å²) in [6.07, 6.45) is 4.60. The monoisotopic (exact) mass is 327 g/mol. The van der Waals surface area contributed by atoms with Crippen molar-refractivity contribution < 1.29 is 23.9 Å². The molecule has 0 aromatic heterocycles. The zero-order valence-corrected chi connectivity index (χ0v) is 13.0. The number of hydrogen-bond acceptors (Lipinski definition) is 5. The number of para-hydroxylation sites is 1. The fourth-order valence-electron chi connectivity index (χ4n) is 1.93. The summed E-state index contributed by atoms with van der Waals surface area (Å²) in [7, 11) is 0. The van der Waals surface area contributed by atoms with Gasteiger partial charge in [-0.25, -0.2) is 9.59 Å². The molecule has 0 fully saturated rings. The Labute approximate surface area is 139 Å². The van der Waals surface area contributed by atoms with Crippen LogP contribution in [-0.4, -0.2) is 24.5 Å². The Balaban J connectivity index is 1.72. The molecular weight excluding hydrogens is 310 g/mol. The lowest BCUT2D eigenvalue weighted by molar-refractivity contribution is -0.138. The van der Waals surface area contributed by atoms with Crippen molar-refractivity contribution in [2.45, 2.75) is 12.8 Å². The molecular formula is C18H17NO5. The van der Waals surface area contributed by atoms with Gasteiger partial charge in [-0.2, -0.15) is 0 Å². The first-order valence-corrected chi connectivity index (χ1v) is 7.34. The molecule has 0 radical (unpaired) electrons. The van der Waals surface area contributed by atoms with Gasteiger partial charge in [0.15, 0.2) is 0 Å². The van der Waals surface area contributed by atoms with Crippen LogP contribution in [0.4, 0.5) is 0 Å². The smallest absolute Gasteiger partial charge is 0.336 e. The van der Waals surface area contributed by atoms with Crippen molar-refractivity contribution in [2.75, 3.05) is 6.61 Å². The molecule has 24 heavy (non-hydrogen) atoms. The quantitative estimate of drug-likeness (QED) is 0.491. The van der Waals surface area contributed by atoms with E-state index in [-0.39, 0.29) is 12.5 Å². The minimum absolute atomic E-state index is 0.0443. The molecule has 0 saturated carbocycles. The van der Waals surface area contributed by atoms with Gasteiger partial charge in [-0.3, -0.25) is 4.79 Å². The summed E-state index contributed by atoms with van der Waals surface area (Å²) >= 11 is 0. The van der Waals surface area contributed by atoms with E-state index in [2.05, 4.69) is 11.9 Å². The van der Waals surface area contributed by atoms with Gasteiger partial charge in [0.1, 0.15) is 5.75 Å². The average Bonchev–Trinajstić information content (AvgIpc) is 2.56. The lowest BCUT2D eigenvalue weighted by Gasteiger charge is -2.15. The standard InChI is InChI=1S/C18H17NO5/c1-13-7-8-14(18(22)19-13)11-12-23-16(20)9-10-17(21)24-15-5-3-2-4-6-15/h2-6,8-10H,1,7,11-12H2,(H,19,22)/b10-9+. The Morgan fingerprint density at radius 1 is 1.17 bits per heavy atom. The predicted octanol–water partition coefficient (Wildman–Crippen LogP) is 2.04. The second-order valence-electron chi connectivity index (χ2n) is 4.98. The van der Waals surface area contributed by atoms with E-state index < -0.39 is 11.9 Å². The molecule has 6 heteroatoms. The maximum Gasteiger partial charge on any atom is 0.336 e. The first-order valence-electron chi connectivity index (χ1n) is 7.34. The average molecular weight is 327 g/mol. The summed E-state index contributed by atoms with van der Waals surface area (Å²) in [5.74, 6) is -1.20. The molecule has 1 aliphatic rings. The SMILES string of the molecule is C=C1CC=C(CCOC(=O)/C=C/C(=O)Oc2ccccc2)C(=O)N1. The lowest BCUT2D eigenvalue weighted by Crippen LogP contribution is -2.27. The van der Waals surface area contributed by atoms with Crippen LogP contribution in [0.3, 0.4) is 0 Å². The Bertz CT molecular complexity index is 703. The third kappa shape index (κ3) is 5.57. The van der Waals surface area contributed by atoms with Crippen molar-refractivity contribution >= 4 is 17.8 Å². The van der Waals surface area contributed by atoms with E-state index in [1.54, 1.807) is 36.4 Å². The van der Waals surface area contributed by atoms with E-state index >= 15 is 0 Å². The highest BCUT2D eigenvalue weighted by molar-refractivity contribution is 5.95. The highest BCUT2D eigenvalue weighted by Gasteiger charge is 2.15. The number of esters is 2. The summed E-state index contributed by atoms with van der Waals surface area (Å²) in [4.78, 5) is 34.7. The molecule has 1 aromatic carbocycles. The molecule has 1 N–H and O–H groups in total. The third-order valence-corrected chi connectivity index (χ3v) is 3.11.